The molecule has 0 spiro atoms. The third kappa shape index (κ3) is 3.74. The molecule has 3 nitrogen and oxygen atoms in total. The second-order valence-corrected chi connectivity index (χ2v) is 3.65. The van der Waals surface area contributed by atoms with E-state index in [4.69, 9.17) is 5.26 Å². The SMILES string of the molecule is CCC[C@H](NC(=O)CC#N)c1ccccc1. The van der Waals surface area contributed by atoms with Gasteiger partial charge in [0.15, 0.2) is 0 Å². The van der Waals surface area contributed by atoms with Gasteiger partial charge in [-0.2, -0.15) is 5.26 Å². The smallest absolute Gasteiger partial charge is 0.234 e. The molecule has 0 fully saturated rings. The number of rotatable bonds is 5. The van der Waals surface area contributed by atoms with Crippen LogP contribution in [0.4, 0.5) is 0 Å². The molecule has 1 amide bonds. The van der Waals surface area contributed by atoms with Crippen molar-refractivity contribution in [2.24, 2.45) is 0 Å². The zero-order chi connectivity index (χ0) is 11.8. The Morgan fingerprint density at radius 1 is 1.44 bits per heavy atom. The maximum absolute atomic E-state index is 11.4. The van der Waals surface area contributed by atoms with Gasteiger partial charge in [-0.1, -0.05) is 43.7 Å². The molecular weight excluding hydrogens is 200 g/mol. The lowest BCUT2D eigenvalue weighted by Crippen LogP contribution is -2.27. The van der Waals surface area contributed by atoms with E-state index in [9.17, 15) is 4.79 Å². The average molecular weight is 216 g/mol. The summed E-state index contributed by atoms with van der Waals surface area (Å²) in [6.07, 6.45) is 1.81. The minimum absolute atomic E-state index is 0.0204. The highest BCUT2D eigenvalue weighted by atomic mass is 16.1. The van der Waals surface area contributed by atoms with Gasteiger partial charge in [0.05, 0.1) is 12.1 Å². The number of benzene rings is 1. The molecule has 0 unspecified atom stereocenters. The first-order chi connectivity index (χ1) is 7.77. The van der Waals surface area contributed by atoms with Crippen molar-refractivity contribution in [3.05, 3.63) is 35.9 Å². The molecule has 1 aromatic rings. The monoisotopic (exact) mass is 216 g/mol. The van der Waals surface area contributed by atoms with Gasteiger partial charge in [0.2, 0.25) is 5.91 Å². The highest BCUT2D eigenvalue weighted by Crippen LogP contribution is 2.17. The Labute approximate surface area is 96.1 Å². The Balaban J connectivity index is 2.69. The van der Waals surface area contributed by atoms with Crippen LogP contribution in [0.25, 0.3) is 0 Å². The predicted octanol–water partition coefficient (Wildman–Crippen LogP) is 2.56. The summed E-state index contributed by atoms with van der Waals surface area (Å²) in [5, 5.41) is 11.3. The number of nitrogens with one attached hydrogen (secondary N) is 1. The average Bonchev–Trinajstić information content (AvgIpc) is 2.30. The molecule has 0 heterocycles. The molecule has 0 aliphatic rings. The van der Waals surface area contributed by atoms with Crippen LogP contribution in [0.5, 0.6) is 0 Å². The van der Waals surface area contributed by atoms with Crippen molar-refractivity contribution in [3.8, 4) is 6.07 Å². The maximum atomic E-state index is 11.4. The predicted molar refractivity (Wildman–Crippen MR) is 62.5 cm³/mol. The Morgan fingerprint density at radius 2 is 2.12 bits per heavy atom. The molecule has 0 saturated carbocycles. The fraction of sp³-hybridized carbons (Fsp3) is 0.385. The summed E-state index contributed by atoms with van der Waals surface area (Å²) in [6.45, 7) is 2.08. The third-order valence-electron chi connectivity index (χ3n) is 2.35. The molecular formula is C13H16N2O. The van der Waals surface area contributed by atoms with Crippen LogP contribution in [-0.4, -0.2) is 5.91 Å². The van der Waals surface area contributed by atoms with Crippen molar-refractivity contribution in [2.45, 2.75) is 32.2 Å². The van der Waals surface area contributed by atoms with E-state index in [-0.39, 0.29) is 18.4 Å². The van der Waals surface area contributed by atoms with Gasteiger partial charge in [0, 0.05) is 0 Å². The van der Waals surface area contributed by atoms with Gasteiger partial charge in [0.1, 0.15) is 6.42 Å². The van der Waals surface area contributed by atoms with Gasteiger partial charge >= 0.3 is 0 Å². The first-order valence-corrected chi connectivity index (χ1v) is 5.49. The summed E-state index contributed by atoms with van der Waals surface area (Å²) in [5.74, 6) is -0.204. The van der Waals surface area contributed by atoms with Crippen LogP contribution in [0.3, 0.4) is 0 Å². The maximum Gasteiger partial charge on any atom is 0.234 e. The molecule has 0 aromatic heterocycles. The summed E-state index contributed by atoms with van der Waals surface area (Å²) >= 11 is 0. The molecule has 1 rings (SSSR count). The Bertz CT molecular complexity index is 367. The molecule has 16 heavy (non-hydrogen) atoms. The van der Waals surface area contributed by atoms with Gasteiger partial charge in [-0.3, -0.25) is 4.79 Å². The van der Waals surface area contributed by atoms with E-state index >= 15 is 0 Å². The number of carbonyl (C=O) groups is 1. The van der Waals surface area contributed by atoms with Gasteiger partial charge in [-0.25, -0.2) is 0 Å². The second-order valence-electron chi connectivity index (χ2n) is 3.65. The summed E-state index contributed by atoms with van der Waals surface area (Å²) in [5.41, 5.74) is 1.09. The summed E-state index contributed by atoms with van der Waals surface area (Å²) in [6, 6.07) is 11.7. The van der Waals surface area contributed by atoms with E-state index in [1.807, 2.05) is 36.4 Å². The van der Waals surface area contributed by atoms with E-state index in [0.29, 0.717) is 0 Å². The molecule has 0 aliphatic carbocycles. The molecule has 0 aliphatic heterocycles. The first-order valence-electron chi connectivity index (χ1n) is 5.49. The number of carbonyl (C=O) groups excluding carboxylic acids is 1. The van der Waals surface area contributed by atoms with E-state index in [1.165, 1.54) is 0 Å². The lowest BCUT2D eigenvalue weighted by molar-refractivity contribution is -0.120. The molecule has 1 aromatic carbocycles. The molecule has 0 radical (unpaired) electrons. The van der Waals surface area contributed by atoms with Gasteiger partial charge in [-0.15, -0.1) is 0 Å². The topological polar surface area (TPSA) is 52.9 Å². The summed E-state index contributed by atoms with van der Waals surface area (Å²) in [7, 11) is 0. The van der Waals surface area contributed by atoms with Crippen molar-refractivity contribution in [3.63, 3.8) is 0 Å². The largest absolute Gasteiger partial charge is 0.348 e. The number of hydrogen-bond donors (Lipinski definition) is 1. The summed E-state index contributed by atoms with van der Waals surface area (Å²) in [4.78, 5) is 11.4. The fourth-order valence-electron chi connectivity index (χ4n) is 1.61. The molecule has 0 saturated heterocycles. The van der Waals surface area contributed by atoms with Gasteiger partial charge < -0.3 is 5.32 Å². The van der Waals surface area contributed by atoms with Crippen LogP contribution in [0.15, 0.2) is 30.3 Å². The van der Waals surface area contributed by atoms with Crippen molar-refractivity contribution in [1.82, 2.24) is 5.32 Å². The van der Waals surface area contributed by atoms with Crippen LogP contribution in [-0.2, 0) is 4.79 Å². The first kappa shape index (κ1) is 12.3. The van der Waals surface area contributed by atoms with Crippen molar-refractivity contribution >= 4 is 5.91 Å². The minimum Gasteiger partial charge on any atom is -0.348 e. The van der Waals surface area contributed by atoms with Crippen molar-refractivity contribution < 1.29 is 4.79 Å². The van der Waals surface area contributed by atoms with Crippen LogP contribution in [0, 0.1) is 11.3 Å². The highest BCUT2D eigenvalue weighted by Gasteiger charge is 2.12. The lowest BCUT2D eigenvalue weighted by Gasteiger charge is -2.17. The van der Waals surface area contributed by atoms with Crippen LogP contribution >= 0.6 is 0 Å². The Kier molecular flexibility index (Phi) is 5.07. The fourth-order valence-corrected chi connectivity index (χ4v) is 1.61. The van der Waals surface area contributed by atoms with Crippen LogP contribution in [0.1, 0.15) is 37.8 Å². The lowest BCUT2D eigenvalue weighted by atomic mass is 10.0. The number of amides is 1. The Hall–Kier alpha value is -1.82. The van der Waals surface area contributed by atoms with Crippen LogP contribution < -0.4 is 5.32 Å². The zero-order valence-corrected chi connectivity index (χ0v) is 9.44. The molecule has 3 heteroatoms. The van der Waals surface area contributed by atoms with E-state index in [1.54, 1.807) is 0 Å². The standard InChI is InChI=1S/C13H16N2O/c1-2-6-12(15-13(16)9-10-14)11-7-4-3-5-8-11/h3-5,7-8,12H,2,6,9H2,1H3,(H,15,16)/t12-/m0/s1. The Morgan fingerprint density at radius 3 is 2.69 bits per heavy atom. The normalized spacial score (nSPS) is 11.5. The third-order valence-corrected chi connectivity index (χ3v) is 2.35. The number of hydrogen-bond acceptors (Lipinski definition) is 2. The van der Waals surface area contributed by atoms with E-state index in [0.717, 1.165) is 18.4 Å². The number of nitrogens with zero attached hydrogens (tertiary/aromatic N) is 1. The van der Waals surface area contributed by atoms with Gasteiger partial charge in [-0.05, 0) is 12.0 Å². The molecule has 1 N–H and O–H groups in total. The highest BCUT2D eigenvalue weighted by molar-refractivity contribution is 5.78. The van der Waals surface area contributed by atoms with Crippen molar-refractivity contribution in [1.29, 1.82) is 5.26 Å². The quantitative estimate of drug-likeness (QED) is 0.822. The zero-order valence-electron chi connectivity index (χ0n) is 9.44. The summed E-state index contributed by atoms with van der Waals surface area (Å²) < 4.78 is 0. The van der Waals surface area contributed by atoms with E-state index in [2.05, 4.69) is 12.2 Å². The molecule has 84 valence electrons. The van der Waals surface area contributed by atoms with Gasteiger partial charge in [0.25, 0.3) is 0 Å². The second kappa shape index (κ2) is 6.62. The number of nitriles is 1. The van der Waals surface area contributed by atoms with Crippen LogP contribution in [0.2, 0.25) is 0 Å². The molecule has 0 bridgehead atoms. The minimum atomic E-state index is -0.204. The molecule has 1 atom stereocenters. The van der Waals surface area contributed by atoms with E-state index < -0.39 is 0 Å². The van der Waals surface area contributed by atoms with Crippen molar-refractivity contribution in [2.75, 3.05) is 0 Å².